The van der Waals surface area contributed by atoms with Gasteiger partial charge >= 0.3 is 0 Å². The Morgan fingerprint density at radius 3 is 2.63 bits per heavy atom. The summed E-state index contributed by atoms with van der Waals surface area (Å²) in [5, 5.41) is 3.03. The van der Waals surface area contributed by atoms with Crippen LogP contribution in [0.3, 0.4) is 0 Å². The third-order valence-electron chi connectivity index (χ3n) is 2.99. The van der Waals surface area contributed by atoms with Crippen LogP contribution >= 0.6 is 0 Å². The first kappa shape index (κ1) is 13.3. The van der Waals surface area contributed by atoms with E-state index in [1.807, 2.05) is 13.8 Å². The summed E-state index contributed by atoms with van der Waals surface area (Å²) >= 11 is 0. The lowest BCUT2D eigenvalue weighted by Crippen LogP contribution is -2.39. The van der Waals surface area contributed by atoms with E-state index in [0.717, 1.165) is 0 Å². The van der Waals surface area contributed by atoms with Gasteiger partial charge in [0.05, 0.1) is 25.4 Å². The average Bonchev–Trinajstić information content (AvgIpc) is 2.65. The molecule has 1 aromatic heterocycles. The average molecular weight is 263 g/mol. The lowest BCUT2D eigenvalue weighted by atomic mass is 10.2. The number of likely N-dealkylation sites (tertiary alicyclic amines) is 1. The molecule has 2 rings (SSSR count). The van der Waals surface area contributed by atoms with Crippen molar-refractivity contribution in [2.75, 3.05) is 12.4 Å². The topological polar surface area (TPSA) is 71.5 Å². The van der Waals surface area contributed by atoms with Gasteiger partial charge in [0.15, 0.2) is 0 Å². The molecule has 1 aliphatic rings. The smallest absolute Gasteiger partial charge is 0.252 e. The van der Waals surface area contributed by atoms with Crippen LogP contribution in [-0.2, 0) is 9.59 Å². The van der Waals surface area contributed by atoms with Crippen LogP contribution in [0.25, 0.3) is 0 Å². The van der Waals surface area contributed by atoms with E-state index < -0.39 is 6.04 Å². The molecule has 0 bridgehead atoms. The van der Waals surface area contributed by atoms with Crippen LogP contribution in [0, 0.1) is 0 Å². The third kappa shape index (κ3) is 2.67. The quantitative estimate of drug-likeness (QED) is 0.822. The molecule has 0 aliphatic carbocycles. The molecule has 1 N–H and O–H groups in total. The Balaban J connectivity index is 2.07. The van der Waals surface area contributed by atoms with E-state index in [1.54, 1.807) is 18.3 Å². The van der Waals surface area contributed by atoms with Gasteiger partial charge in [-0.15, -0.1) is 0 Å². The first-order chi connectivity index (χ1) is 9.02. The van der Waals surface area contributed by atoms with Crippen LogP contribution in [0.1, 0.15) is 20.3 Å². The first-order valence-corrected chi connectivity index (χ1v) is 6.15. The molecule has 0 saturated carbocycles. The standard InChI is InChI=1S/C13H17N3O3/c1-8(2)16-12(17)6-10(13(16)18)15-9-4-5-11(19-3)14-7-9/h4-5,7-8,10,15H,6H2,1-3H3. The van der Waals surface area contributed by atoms with E-state index in [1.165, 1.54) is 12.0 Å². The second kappa shape index (κ2) is 5.26. The predicted molar refractivity (Wildman–Crippen MR) is 69.8 cm³/mol. The fraction of sp³-hybridized carbons (Fsp3) is 0.462. The summed E-state index contributed by atoms with van der Waals surface area (Å²) in [6.07, 6.45) is 1.76. The second-order valence-corrected chi connectivity index (χ2v) is 4.69. The lowest BCUT2D eigenvalue weighted by molar-refractivity contribution is -0.140. The number of hydrogen-bond acceptors (Lipinski definition) is 5. The fourth-order valence-electron chi connectivity index (χ4n) is 2.09. The highest BCUT2D eigenvalue weighted by atomic mass is 16.5. The van der Waals surface area contributed by atoms with Crippen molar-refractivity contribution >= 4 is 17.5 Å². The van der Waals surface area contributed by atoms with Gasteiger partial charge in [-0.25, -0.2) is 4.98 Å². The molecule has 19 heavy (non-hydrogen) atoms. The molecule has 1 atom stereocenters. The van der Waals surface area contributed by atoms with Crippen molar-refractivity contribution in [3.63, 3.8) is 0 Å². The van der Waals surface area contributed by atoms with Crippen molar-refractivity contribution < 1.29 is 14.3 Å². The van der Waals surface area contributed by atoms with Crippen molar-refractivity contribution in [1.29, 1.82) is 0 Å². The number of aromatic nitrogens is 1. The number of amides is 2. The highest BCUT2D eigenvalue weighted by Gasteiger charge is 2.39. The molecule has 6 heteroatoms. The maximum atomic E-state index is 12.1. The maximum absolute atomic E-state index is 12.1. The molecule has 1 aliphatic heterocycles. The minimum atomic E-state index is -0.509. The van der Waals surface area contributed by atoms with Gasteiger partial charge < -0.3 is 10.1 Å². The van der Waals surface area contributed by atoms with Crippen LogP contribution in [0.15, 0.2) is 18.3 Å². The number of carbonyl (C=O) groups excluding carboxylic acids is 2. The minimum absolute atomic E-state index is 0.110. The number of nitrogens with zero attached hydrogens (tertiary/aromatic N) is 2. The number of ether oxygens (including phenoxy) is 1. The van der Waals surface area contributed by atoms with Crippen LogP contribution in [0.4, 0.5) is 5.69 Å². The number of imide groups is 1. The number of carbonyl (C=O) groups is 2. The fourth-order valence-corrected chi connectivity index (χ4v) is 2.09. The summed E-state index contributed by atoms with van der Waals surface area (Å²) in [5.74, 6) is 0.179. The normalized spacial score (nSPS) is 19.2. The van der Waals surface area contributed by atoms with Crippen LogP contribution in [0.5, 0.6) is 5.88 Å². The van der Waals surface area contributed by atoms with E-state index >= 15 is 0 Å². The van der Waals surface area contributed by atoms with Gasteiger partial charge in [0, 0.05) is 12.1 Å². The van der Waals surface area contributed by atoms with E-state index in [-0.39, 0.29) is 24.3 Å². The van der Waals surface area contributed by atoms with Crippen molar-refractivity contribution in [1.82, 2.24) is 9.88 Å². The number of hydrogen-bond donors (Lipinski definition) is 1. The van der Waals surface area contributed by atoms with Crippen molar-refractivity contribution in [2.45, 2.75) is 32.4 Å². The largest absolute Gasteiger partial charge is 0.481 e. The first-order valence-electron chi connectivity index (χ1n) is 6.15. The Morgan fingerprint density at radius 1 is 1.42 bits per heavy atom. The Hall–Kier alpha value is -2.11. The van der Waals surface area contributed by atoms with E-state index in [0.29, 0.717) is 11.6 Å². The zero-order valence-electron chi connectivity index (χ0n) is 11.2. The number of pyridine rings is 1. The van der Waals surface area contributed by atoms with Gasteiger partial charge in [-0.05, 0) is 19.9 Å². The number of anilines is 1. The molecular formula is C13H17N3O3. The highest BCUT2D eigenvalue weighted by molar-refractivity contribution is 6.07. The Labute approximate surface area is 111 Å². The molecule has 0 spiro atoms. The van der Waals surface area contributed by atoms with Crippen LogP contribution in [-0.4, -0.2) is 40.9 Å². The van der Waals surface area contributed by atoms with E-state index in [9.17, 15) is 9.59 Å². The number of methoxy groups -OCH3 is 1. The lowest BCUT2D eigenvalue weighted by Gasteiger charge is -2.19. The third-order valence-corrected chi connectivity index (χ3v) is 2.99. The SMILES string of the molecule is COc1ccc(NC2CC(=O)N(C(C)C)C2=O)cn1. The molecule has 1 fully saturated rings. The van der Waals surface area contributed by atoms with Crippen molar-refractivity contribution in [3.8, 4) is 5.88 Å². The molecule has 6 nitrogen and oxygen atoms in total. The monoisotopic (exact) mass is 263 g/mol. The van der Waals surface area contributed by atoms with Crippen LogP contribution < -0.4 is 10.1 Å². The predicted octanol–water partition coefficient (Wildman–Crippen LogP) is 1.04. The number of nitrogens with one attached hydrogen (secondary N) is 1. The summed E-state index contributed by atoms with van der Waals surface area (Å²) in [4.78, 5) is 29.2. The maximum Gasteiger partial charge on any atom is 0.252 e. The molecule has 2 amide bonds. The summed E-state index contributed by atoms with van der Waals surface area (Å²) in [6, 6.07) is 2.84. The molecule has 0 radical (unpaired) electrons. The van der Waals surface area contributed by atoms with Gasteiger partial charge in [0.1, 0.15) is 6.04 Å². The molecule has 102 valence electrons. The summed E-state index contributed by atoms with van der Waals surface area (Å²) < 4.78 is 4.96. The Kier molecular flexibility index (Phi) is 3.69. The zero-order valence-corrected chi connectivity index (χ0v) is 11.2. The van der Waals surface area contributed by atoms with Gasteiger partial charge in [0.2, 0.25) is 11.8 Å². The van der Waals surface area contributed by atoms with Crippen molar-refractivity contribution in [3.05, 3.63) is 18.3 Å². The number of rotatable bonds is 4. The van der Waals surface area contributed by atoms with Gasteiger partial charge in [-0.3, -0.25) is 14.5 Å². The minimum Gasteiger partial charge on any atom is -0.481 e. The van der Waals surface area contributed by atoms with E-state index in [2.05, 4.69) is 10.3 Å². The molecule has 0 aromatic carbocycles. The molecular weight excluding hydrogens is 246 g/mol. The molecule has 1 saturated heterocycles. The second-order valence-electron chi connectivity index (χ2n) is 4.69. The van der Waals surface area contributed by atoms with Crippen molar-refractivity contribution in [2.24, 2.45) is 0 Å². The Morgan fingerprint density at radius 2 is 2.16 bits per heavy atom. The van der Waals surface area contributed by atoms with Gasteiger partial charge in [0.25, 0.3) is 5.91 Å². The molecule has 2 heterocycles. The summed E-state index contributed by atoms with van der Waals surface area (Å²) in [6.45, 7) is 3.65. The molecule has 1 aromatic rings. The van der Waals surface area contributed by atoms with Gasteiger partial charge in [-0.2, -0.15) is 0 Å². The molecule has 1 unspecified atom stereocenters. The Bertz CT molecular complexity index is 484. The van der Waals surface area contributed by atoms with Crippen LogP contribution in [0.2, 0.25) is 0 Å². The van der Waals surface area contributed by atoms with E-state index in [4.69, 9.17) is 4.74 Å². The summed E-state index contributed by atoms with van der Waals surface area (Å²) in [7, 11) is 1.54. The summed E-state index contributed by atoms with van der Waals surface area (Å²) in [5.41, 5.74) is 0.692. The van der Waals surface area contributed by atoms with Gasteiger partial charge in [-0.1, -0.05) is 0 Å². The zero-order chi connectivity index (χ0) is 14.0. The highest BCUT2D eigenvalue weighted by Crippen LogP contribution is 2.20.